The van der Waals surface area contributed by atoms with Crippen molar-refractivity contribution in [3.05, 3.63) is 35.2 Å². The fourth-order valence-corrected chi connectivity index (χ4v) is 5.12. The standard InChI is InChI=1S/C17H20N2O4S2/c1-12-6-9-17(24-12)25(21,22)18-13-7-8-15(23-2)14(11-13)19-10-4-3-5-16(19)20/h6-9,11,18H,3-5,10H2,1-2H3. The van der Waals surface area contributed by atoms with Crippen molar-refractivity contribution in [3.8, 4) is 5.75 Å². The van der Waals surface area contributed by atoms with Crippen LogP contribution in [0.3, 0.4) is 0 Å². The van der Waals surface area contributed by atoms with Gasteiger partial charge in [-0.2, -0.15) is 0 Å². The first kappa shape index (κ1) is 17.8. The highest BCUT2D eigenvalue weighted by Crippen LogP contribution is 2.34. The van der Waals surface area contributed by atoms with E-state index in [2.05, 4.69) is 4.72 Å². The number of amides is 1. The highest BCUT2D eigenvalue weighted by molar-refractivity contribution is 7.94. The molecular weight excluding hydrogens is 360 g/mol. The molecular formula is C17H20N2O4S2. The van der Waals surface area contributed by atoms with Crippen molar-refractivity contribution < 1.29 is 17.9 Å². The molecule has 1 saturated heterocycles. The summed E-state index contributed by atoms with van der Waals surface area (Å²) < 4.78 is 33.2. The van der Waals surface area contributed by atoms with Crippen molar-refractivity contribution >= 4 is 38.6 Å². The second-order valence-corrected chi connectivity index (χ2v) is 9.06. The van der Waals surface area contributed by atoms with Crippen molar-refractivity contribution in [2.45, 2.75) is 30.4 Å². The third kappa shape index (κ3) is 3.80. The molecule has 0 radical (unpaired) electrons. The first-order valence-electron chi connectivity index (χ1n) is 7.98. The Kier molecular flexibility index (Phi) is 5.01. The lowest BCUT2D eigenvalue weighted by atomic mass is 10.1. The molecule has 134 valence electrons. The minimum atomic E-state index is -3.65. The molecule has 1 aromatic carbocycles. The van der Waals surface area contributed by atoms with E-state index < -0.39 is 10.0 Å². The summed E-state index contributed by atoms with van der Waals surface area (Å²) in [6.45, 7) is 2.46. The van der Waals surface area contributed by atoms with E-state index in [1.807, 2.05) is 6.92 Å². The Balaban J connectivity index is 1.93. The monoisotopic (exact) mass is 380 g/mol. The minimum Gasteiger partial charge on any atom is -0.495 e. The Morgan fingerprint density at radius 2 is 2.00 bits per heavy atom. The fourth-order valence-electron chi connectivity index (χ4n) is 2.79. The zero-order chi connectivity index (χ0) is 18.0. The first-order chi connectivity index (χ1) is 11.9. The van der Waals surface area contributed by atoms with Gasteiger partial charge in [0.15, 0.2) is 0 Å². The van der Waals surface area contributed by atoms with Crippen molar-refractivity contribution in [2.75, 3.05) is 23.3 Å². The molecule has 0 unspecified atom stereocenters. The maximum absolute atomic E-state index is 12.5. The third-order valence-corrected chi connectivity index (χ3v) is 6.90. The van der Waals surface area contributed by atoms with Gasteiger partial charge in [0, 0.05) is 17.8 Å². The zero-order valence-electron chi connectivity index (χ0n) is 14.1. The quantitative estimate of drug-likeness (QED) is 0.863. The molecule has 1 N–H and O–H groups in total. The highest BCUT2D eigenvalue weighted by Gasteiger charge is 2.24. The lowest BCUT2D eigenvalue weighted by molar-refractivity contribution is -0.119. The molecule has 0 saturated carbocycles. The van der Waals surface area contributed by atoms with Gasteiger partial charge in [-0.15, -0.1) is 11.3 Å². The van der Waals surface area contributed by atoms with E-state index in [0.717, 1.165) is 17.7 Å². The van der Waals surface area contributed by atoms with E-state index in [0.29, 0.717) is 30.1 Å². The van der Waals surface area contributed by atoms with Crippen LogP contribution in [0.5, 0.6) is 5.75 Å². The normalized spacial score (nSPS) is 15.3. The van der Waals surface area contributed by atoms with Crippen LogP contribution in [0.4, 0.5) is 11.4 Å². The van der Waals surface area contributed by atoms with E-state index in [-0.39, 0.29) is 10.1 Å². The average molecular weight is 380 g/mol. The SMILES string of the molecule is COc1ccc(NS(=O)(=O)c2ccc(C)s2)cc1N1CCCCC1=O. The van der Waals surface area contributed by atoms with Crippen molar-refractivity contribution in [3.63, 3.8) is 0 Å². The summed E-state index contributed by atoms with van der Waals surface area (Å²) >= 11 is 1.21. The number of benzene rings is 1. The molecule has 1 aliphatic rings. The van der Waals surface area contributed by atoms with Gasteiger partial charge in [-0.25, -0.2) is 8.42 Å². The number of piperidine rings is 1. The number of hydrogen-bond acceptors (Lipinski definition) is 5. The molecule has 2 heterocycles. The van der Waals surface area contributed by atoms with Gasteiger partial charge in [0.05, 0.1) is 18.5 Å². The number of methoxy groups -OCH3 is 1. The maximum atomic E-state index is 12.5. The van der Waals surface area contributed by atoms with Crippen LogP contribution in [-0.2, 0) is 14.8 Å². The third-order valence-electron chi connectivity index (χ3n) is 4.03. The summed E-state index contributed by atoms with van der Waals surface area (Å²) in [4.78, 5) is 14.8. The van der Waals surface area contributed by atoms with E-state index in [4.69, 9.17) is 4.74 Å². The molecule has 1 amide bonds. The number of aryl methyl sites for hydroxylation is 1. The highest BCUT2D eigenvalue weighted by atomic mass is 32.2. The van der Waals surface area contributed by atoms with Gasteiger partial charge < -0.3 is 9.64 Å². The van der Waals surface area contributed by atoms with Crippen LogP contribution >= 0.6 is 11.3 Å². The van der Waals surface area contributed by atoms with Crippen LogP contribution in [0.15, 0.2) is 34.5 Å². The second kappa shape index (κ2) is 7.05. The molecule has 6 nitrogen and oxygen atoms in total. The number of hydrogen-bond donors (Lipinski definition) is 1. The predicted molar refractivity (Wildman–Crippen MR) is 99.1 cm³/mol. The van der Waals surface area contributed by atoms with Gasteiger partial charge in [-0.3, -0.25) is 9.52 Å². The van der Waals surface area contributed by atoms with Gasteiger partial charge in [-0.05, 0) is 50.1 Å². The molecule has 8 heteroatoms. The number of carbonyl (C=O) groups excluding carboxylic acids is 1. The molecule has 3 rings (SSSR count). The second-order valence-electron chi connectivity index (χ2n) is 5.86. The summed E-state index contributed by atoms with van der Waals surface area (Å²) in [5, 5.41) is 0. The summed E-state index contributed by atoms with van der Waals surface area (Å²) in [6.07, 6.45) is 2.29. The average Bonchev–Trinajstić information content (AvgIpc) is 3.02. The summed E-state index contributed by atoms with van der Waals surface area (Å²) in [6, 6.07) is 8.32. The Morgan fingerprint density at radius 1 is 1.20 bits per heavy atom. The topological polar surface area (TPSA) is 75.7 Å². The summed E-state index contributed by atoms with van der Waals surface area (Å²) in [5.74, 6) is 0.573. The van der Waals surface area contributed by atoms with E-state index >= 15 is 0 Å². The number of carbonyl (C=O) groups is 1. The summed E-state index contributed by atoms with van der Waals surface area (Å²) in [7, 11) is -2.12. The van der Waals surface area contributed by atoms with Crippen molar-refractivity contribution in [2.24, 2.45) is 0 Å². The maximum Gasteiger partial charge on any atom is 0.271 e. The molecule has 1 aromatic heterocycles. The summed E-state index contributed by atoms with van der Waals surface area (Å²) in [5.41, 5.74) is 0.995. The fraction of sp³-hybridized carbons (Fsp3) is 0.353. The van der Waals surface area contributed by atoms with Gasteiger partial charge in [0.2, 0.25) is 5.91 Å². The zero-order valence-corrected chi connectivity index (χ0v) is 15.7. The van der Waals surface area contributed by atoms with E-state index in [1.165, 1.54) is 18.4 Å². The first-order valence-corrected chi connectivity index (χ1v) is 10.3. The number of sulfonamides is 1. The lowest BCUT2D eigenvalue weighted by Gasteiger charge is -2.28. The van der Waals surface area contributed by atoms with Gasteiger partial charge >= 0.3 is 0 Å². The van der Waals surface area contributed by atoms with Crippen molar-refractivity contribution in [1.29, 1.82) is 0 Å². The van der Waals surface area contributed by atoms with Crippen LogP contribution in [0, 0.1) is 6.92 Å². The molecule has 0 bridgehead atoms. The van der Waals surface area contributed by atoms with Gasteiger partial charge in [0.1, 0.15) is 9.96 Å². The van der Waals surface area contributed by atoms with Crippen LogP contribution in [-0.4, -0.2) is 28.0 Å². The smallest absolute Gasteiger partial charge is 0.271 e. The molecule has 0 atom stereocenters. The molecule has 0 aliphatic carbocycles. The lowest BCUT2D eigenvalue weighted by Crippen LogP contribution is -2.35. The van der Waals surface area contributed by atoms with Crippen LogP contribution in [0.2, 0.25) is 0 Å². The Morgan fingerprint density at radius 3 is 2.64 bits per heavy atom. The largest absolute Gasteiger partial charge is 0.495 e. The number of rotatable bonds is 5. The minimum absolute atomic E-state index is 0.0263. The molecule has 1 aliphatic heterocycles. The Labute approximate surface area is 151 Å². The molecule has 2 aromatic rings. The Bertz CT molecular complexity index is 890. The van der Waals surface area contributed by atoms with Crippen LogP contribution in [0.25, 0.3) is 0 Å². The predicted octanol–water partition coefficient (Wildman–Crippen LogP) is 3.38. The molecule has 0 spiro atoms. The van der Waals surface area contributed by atoms with E-state index in [9.17, 15) is 13.2 Å². The van der Waals surface area contributed by atoms with Gasteiger partial charge in [-0.1, -0.05) is 0 Å². The van der Waals surface area contributed by atoms with Crippen LogP contribution in [0.1, 0.15) is 24.1 Å². The molecule has 25 heavy (non-hydrogen) atoms. The van der Waals surface area contributed by atoms with Crippen LogP contribution < -0.4 is 14.4 Å². The number of nitrogens with zero attached hydrogens (tertiary/aromatic N) is 1. The molecule has 1 fully saturated rings. The Hall–Kier alpha value is -2.06. The van der Waals surface area contributed by atoms with E-state index in [1.54, 1.807) is 35.2 Å². The number of thiophene rings is 1. The number of nitrogens with one attached hydrogen (secondary N) is 1. The van der Waals surface area contributed by atoms with Crippen molar-refractivity contribution in [1.82, 2.24) is 0 Å². The number of anilines is 2. The number of ether oxygens (including phenoxy) is 1. The van der Waals surface area contributed by atoms with Gasteiger partial charge in [0.25, 0.3) is 10.0 Å².